The number of carbonyl (C=O) groups is 1. The molecule has 1 unspecified atom stereocenters. The second-order valence-corrected chi connectivity index (χ2v) is 4.20. The van der Waals surface area contributed by atoms with Crippen molar-refractivity contribution >= 4 is 5.97 Å². The van der Waals surface area contributed by atoms with Crippen LogP contribution in [0.3, 0.4) is 0 Å². The first kappa shape index (κ1) is 10.8. The second-order valence-electron chi connectivity index (χ2n) is 4.20. The van der Waals surface area contributed by atoms with E-state index in [0.717, 1.165) is 0 Å². The molecule has 4 nitrogen and oxygen atoms in total. The minimum absolute atomic E-state index is 0.157. The van der Waals surface area contributed by atoms with E-state index in [-0.39, 0.29) is 19.0 Å². The van der Waals surface area contributed by atoms with Gasteiger partial charge in [0.2, 0.25) is 0 Å². The third-order valence-corrected chi connectivity index (χ3v) is 3.12. The number of hydrogen-bond acceptors (Lipinski definition) is 3. The molecular weight excluding hydrogens is 206 g/mol. The van der Waals surface area contributed by atoms with Gasteiger partial charge in [0.1, 0.15) is 6.04 Å². The highest BCUT2D eigenvalue weighted by Crippen LogP contribution is 2.30. The summed E-state index contributed by atoms with van der Waals surface area (Å²) < 4.78 is 25.9. The van der Waals surface area contributed by atoms with Crippen LogP contribution in [0.4, 0.5) is 8.78 Å². The summed E-state index contributed by atoms with van der Waals surface area (Å²) in [5.74, 6) is -3.60. The zero-order chi connectivity index (χ0) is 11.1. The van der Waals surface area contributed by atoms with Crippen molar-refractivity contribution in [3.05, 3.63) is 0 Å². The first-order valence-electron chi connectivity index (χ1n) is 5.08. The highest BCUT2D eigenvalue weighted by molar-refractivity contribution is 5.75. The van der Waals surface area contributed by atoms with Crippen molar-refractivity contribution in [1.82, 2.24) is 10.2 Å². The molecule has 6 heteroatoms. The fraction of sp³-hybridized carbons (Fsp3) is 0.889. The maximum atomic E-state index is 13.0. The van der Waals surface area contributed by atoms with Gasteiger partial charge in [-0.05, 0) is 13.0 Å². The Balaban J connectivity index is 2.02. The lowest BCUT2D eigenvalue weighted by atomic mass is 10.1. The number of nitrogens with zero attached hydrogens (tertiary/aromatic N) is 1. The third kappa shape index (κ3) is 2.10. The monoisotopic (exact) mass is 220 g/mol. The predicted octanol–water partition coefficient (Wildman–Crippen LogP) is 0.142. The molecule has 2 aliphatic heterocycles. The average Bonchev–Trinajstić information content (AvgIpc) is 2.69. The largest absolute Gasteiger partial charge is 0.480 e. The Bertz CT molecular complexity index is 273. The first-order valence-corrected chi connectivity index (χ1v) is 5.08. The predicted molar refractivity (Wildman–Crippen MR) is 49.0 cm³/mol. The molecule has 0 bridgehead atoms. The van der Waals surface area contributed by atoms with E-state index in [1.165, 1.54) is 0 Å². The average molecular weight is 220 g/mol. The molecule has 0 aromatic heterocycles. The molecule has 86 valence electrons. The highest BCUT2D eigenvalue weighted by Gasteiger charge is 2.45. The molecule has 0 aromatic rings. The molecule has 0 aromatic carbocycles. The fourth-order valence-electron chi connectivity index (χ4n) is 2.38. The van der Waals surface area contributed by atoms with Gasteiger partial charge in [0.25, 0.3) is 5.92 Å². The summed E-state index contributed by atoms with van der Waals surface area (Å²) in [6.07, 6.45) is 0.475. The lowest BCUT2D eigenvalue weighted by Crippen LogP contribution is -2.47. The number of rotatable bonds is 2. The summed E-state index contributed by atoms with van der Waals surface area (Å²) in [6.45, 7) is 0.579. The van der Waals surface area contributed by atoms with E-state index in [4.69, 9.17) is 5.11 Å². The van der Waals surface area contributed by atoms with Crippen molar-refractivity contribution in [2.24, 2.45) is 0 Å². The molecule has 0 amide bonds. The van der Waals surface area contributed by atoms with Gasteiger partial charge in [0, 0.05) is 19.0 Å². The number of nitrogens with one attached hydrogen (secondary N) is 1. The van der Waals surface area contributed by atoms with E-state index < -0.39 is 17.9 Å². The molecule has 2 aliphatic rings. The van der Waals surface area contributed by atoms with Crippen LogP contribution in [0.1, 0.15) is 12.8 Å². The molecule has 0 saturated carbocycles. The summed E-state index contributed by atoms with van der Waals surface area (Å²) in [6, 6.07) is -0.977. The van der Waals surface area contributed by atoms with Crippen molar-refractivity contribution in [2.45, 2.75) is 30.8 Å². The Morgan fingerprint density at radius 3 is 2.80 bits per heavy atom. The minimum Gasteiger partial charge on any atom is -0.480 e. The quantitative estimate of drug-likeness (QED) is 0.695. The van der Waals surface area contributed by atoms with Crippen LogP contribution in [-0.2, 0) is 4.79 Å². The molecule has 0 radical (unpaired) electrons. The van der Waals surface area contributed by atoms with E-state index in [2.05, 4.69) is 5.32 Å². The molecule has 2 rings (SSSR count). The standard InChI is InChI=1S/C9H14F2N2O2/c10-9(11)2-4-13(5-9)6-1-3-12-7(6)8(14)15/h6-7,12H,1-5H2,(H,14,15)/t6?,7-/m0/s1. The second kappa shape index (κ2) is 3.68. The van der Waals surface area contributed by atoms with E-state index in [0.29, 0.717) is 19.5 Å². The van der Waals surface area contributed by atoms with Crippen LogP contribution in [-0.4, -0.2) is 53.6 Å². The van der Waals surface area contributed by atoms with Crippen LogP contribution in [0.5, 0.6) is 0 Å². The molecule has 2 fully saturated rings. The van der Waals surface area contributed by atoms with E-state index in [1.54, 1.807) is 4.90 Å². The summed E-state index contributed by atoms with van der Waals surface area (Å²) in [5.41, 5.74) is 0. The Kier molecular flexibility index (Phi) is 2.64. The normalized spacial score (nSPS) is 35.9. The zero-order valence-electron chi connectivity index (χ0n) is 8.25. The van der Waals surface area contributed by atoms with Crippen LogP contribution >= 0.6 is 0 Å². The molecule has 2 saturated heterocycles. The van der Waals surface area contributed by atoms with E-state index >= 15 is 0 Å². The van der Waals surface area contributed by atoms with Crippen molar-refractivity contribution in [2.75, 3.05) is 19.6 Å². The Morgan fingerprint density at radius 1 is 1.53 bits per heavy atom. The Hall–Kier alpha value is -0.750. The lowest BCUT2D eigenvalue weighted by molar-refractivity contribution is -0.140. The van der Waals surface area contributed by atoms with Crippen LogP contribution < -0.4 is 5.32 Å². The van der Waals surface area contributed by atoms with Crippen LogP contribution in [0.2, 0.25) is 0 Å². The molecule has 0 aliphatic carbocycles. The maximum Gasteiger partial charge on any atom is 0.322 e. The lowest BCUT2D eigenvalue weighted by Gasteiger charge is -2.26. The van der Waals surface area contributed by atoms with Crippen LogP contribution in [0.25, 0.3) is 0 Å². The number of alkyl halides is 2. The fourth-order valence-corrected chi connectivity index (χ4v) is 2.38. The minimum atomic E-state index is -2.65. The van der Waals surface area contributed by atoms with Gasteiger partial charge < -0.3 is 10.4 Å². The van der Waals surface area contributed by atoms with Crippen molar-refractivity contribution in [3.8, 4) is 0 Å². The van der Waals surface area contributed by atoms with Gasteiger partial charge in [-0.3, -0.25) is 9.69 Å². The smallest absolute Gasteiger partial charge is 0.322 e. The number of aliphatic carboxylic acids is 1. The van der Waals surface area contributed by atoms with Gasteiger partial charge in [-0.2, -0.15) is 0 Å². The third-order valence-electron chi connectivity index (χ3n) is 3.12. The molecule has 0 spiro atoms. The van der Waals surface area contributed by atoms with E-state index in [1.807, 2.05) is 0 Å². The molecular formula is C9H14F2N2O2. The van der Waals surface area contributed by atoms with Crippen molar-refractivity contribution < 1.29 is 18.7 Å². The molecule has 2 N–H and O–H groups in total. The first-order chi connectivity index (χ1) is 6.99. The van der Waals surface area contributed by atoms with Crippen LogP contribution in [0, 0.1) is 0 Å². The molecule has 2 atom stereocenters. The molecule has 2 heterocycles. The van der Waals surface area contributed by atoms with Gasteiger partial charge in [0.05, 0.1) is 6.54 Å². The van der Waals surface area contributed by atoms with Gasteiger partial charge >= 0.3 is 5.97 Å². The maximum absolute atomic E-state index is 13.0. The zero-order valence-corrected chi connectivity index (χ0v) is 8.25. The van der Waals surface area contributed by atoms with Crippen LogP contribution in [0.15, 0.2) is 0 Å². The van der Waals surface area contributed by atoms with Crippen molar-refractivity contribution in [3.63, 3.8) is 0 Å². The number of likely N-dealkylation sites (tertiary alicyclic amines) is 1. The number of halogens is 2. The summed E-state index contributed by atoms with van der Waals surface area (Å²) in [4.78, 5) is 12.4. The SMILES string of the molecule is O=C(O)[C@H]1NCCC1N1CCC(F)(F)C1. The number of carboxylic acids is 1. The van der Waals surface area contributed by atoms with Gasteiger partial charge in [-0.15, -0.1) is 0 Å². The van der Waals surface area contributed by atoms with E-state index in [9.17, 15) is 13.6 Å². The highest BCUT2D eigenvalue weighted by atomic mass is 19.3. The van der Waals surface area contributed by atoms with Gasteiger partial charge in [-0.25, -0.2) is 8.78 Å². The topological polar surface area (TPSA) is 52.6 Å². The van der Waals surface area contributed by atoms with Gasteiger partial charge in [-0.1, -0.05) is 0 Å². The van der Waals surface area contributed by atoms with Gasteiger partial charge in [0.15, 0.2) is 0 Å². The summed E-state index contributed by atoms with van der Waals surface area (Å²) >= 11 is 0. The Morgan fingerprint density at radius 2 is 2.27 bits per heavy atom. The Labute approximate surface area is 86.2 Å². The summed E-state index contributed by atoms with van der Waals surface area (Å²) in [7, 11) is 0. The number of hydrogen-bond donors (Lipinski definition) is 2. The molecule has 15 heavy (non-hydrogen) atoms. The number of carboxylic acid groups (broad SMARTS) is 1. The van der Waals surface area contributed by atoms with Crippen molar-refractivity contribution in [1.29, 1.82) is 0 Å². The summed E-state index contributed by atoms with van der Waals surface area (Å²) in [5, 5.41) is 11.7.